The Morgan fingerprint density at radius 1 is 1.00 bits per heavy atom. The van der Waals surface area contributed by atoms with E-state index >= 15 is 0 Å². The molecule has 1 unspecified atom stereocenters. The molecule has 0 radical (unpaired) electrons. The van der Waals surface area contributed by atoms with Crippen LogP contribution in [0.5, 0.6) is 0 Å². The number of hydrogen-bond donors (Lipinski definition) is 0. The molecule has 2 heterocycles. The van der Waals surface area contributed by atoms with Crippen LogP contribution in [-0.2, 0) is 4.79 Å². The third-order valence-corrected chi connectivity index (χ3v) is 5.77. The number of fused-ring (bicyclic) bond motifs is 1. The van der Waals surface area contributed by atoms with Gasteiger partial charge in [0, 0.05) is 31.9 Å². The molecule has 1 aliphatic rings. The van der Waals surface area contributed by atoms with Gasteiger partial charge < -0.3 is 14.2 Å². The number of aromatic nitrogens is 1. The zero-order valence-corrected chi connectivity index (χ0v) is 16.5. The molecule has 4 rings (SSSR count). The van der Waals surface area contributed by atoms with Crippen molar-refractivity contribution in [2.75, 3.05) is 31.1 Å². The molecule has 6 nitrogen and oxygen atoms in total. The molecule has 0 spiro atoms. The number of aryl methyl sites for hydroxylation is 1. The average molecular weight is 379 g/mol. The Morgan fingerprint density at radius 3 is 2.46 bits per heavy atom. The van der Waals surface area contributed by atoms with E-state index in [-0.39, 0.29) is 5.91 Å². The molecule has 1 aliphatic heterocycles. The first kappa shape index (κ1) is 18.3. The van der Waals surface area contributed by atoms with E-state index in [9.17, 15) is 9.59 Å². The second-order valence-electron chi connectivity index (χ2n) is 7.41. The predicted octanol–water partition coefficient (Wildman–Crippen LogP) is 3.12. The highest BCUT2D eigenvalue weighted by atomic mass is 16.4. The van der Waals surface area contributed by atoms with Gasteiger partial charge in [0.15, 0.2) is 5.58 Å². The summed E-state index contributed by atoms with van der Waals surface area (Å²) in [6.07, 6.45) is 0. The van der Waals surface area contributed by atoms with Gasteiger partial charge in [0.2, 0.25) is 5.91 Å². The molecule has 1 fully saturated rings. The van der Waals surface area contributed by atoms with Crippen LogP contribution in [0.3, 0.4) is 0 Å². The van der Waals surface area contributed by atoms with Gasteiger partial charge in [0.25, 0.3) is 0 Å². The smallest absolute Gasteiger partial charge is 0.408 e. The molecule has 3 aromatic rings. The summed E-state index contributed by atoms with van der Waals surface area (Å²) in [7, 11) is 0. The minimum atomic E-state index is -0.594. The zero-order chi connectivity index (χ0) is 19.8. The van der Waals surface area contributed by atoms with E-state index in [0.29, 0.717) is 24.2 Å². The molecule has 146 valence electrons. The van der Waals surface area contributed by atoms with Crippen LogP contribution in [0, 0.1) is 13.8 Å². The van der Waals surface area contributed by atoms with Gasteiger partial charge in [-0.1, -0.05) is 24.3 Å². The van der Waals surface area contributed by atoms with Crippen molar-refractivity contribution in [2.24, 2.45) is 0 Å². The summed E-state index contributed by atoms with van der Waals surface area (Å²) in [5, 5.41) is 0. The number of piperazine rings is 1. The molecule has 0 saturated carbocycles. The summed E-state index contributed by atoms with van der Waals surface area (Å²) >= 11 is 0. The van der Waals surface area contributed by atoms with Gasteiger partial charge in [0.05, 0.1) is 5.52 Å². The summed E-state index contributed by atoms with van der Waals surface area (Å²) < 4.78 is 6.74. The molecule has 1 amide bonds. The first-order chi connectivity index (χ1) is 13.5. The summed E-state index contributed by atoms with van der Waals surface area (Å²) in [5.74, 6) is -0.537. The van der Waals surface area contributed by atoms with Crippen LogP contribution in [-0.4, -0.2) is 41.6 Å². The number of carbonyl (C=O) groups is 1. The summed E-state index contributed by atoms with van der Waals surface area (Å²) in [4.78, 5) is 29.5. The molecule has 1 atom stereocenters. The number of rotatable bonds is 3. The monoisotopic (exact) mass is 379 g/mol. The molecular weight excluding hydrogens is 354 g/mol. The quantitative estimate of drug-likeness (QED) is 0.702. The highest BCUT2D eigenvalue weighted by Crippen LogP contribution is 2.25. The van der Waals surface area contributed by atoms with Gasteiger partial charge in [-0.25, -0.2) is 4.79 Å². The summed E-state index contributed by atoms with van der Waals surface area (Å²) in [6.45, 7) is 8.87. The summed E-state index contributed by atoms with van der Waals surface area (Å²) in [6, 6.07) is 12.9. The Labute approximate surface area is 164 Å². The molecule has 1 saturated heterocycles. The Bertz CT molecular complexity index is 1070. The fraction of sp³-hybridized carbons (Fsp3) is 0.364. The minimum Gasteiger partial charge on any atom is -0.408 e. The normalized spacial score (nSPS) is 15.8. The van der Waals surface area contributed by atoms with Gasteiger partial charge in [0.1, 0.15) is 6.04 Å². The van der Waals surface area contributed by atoms with Crippen molar-refractivity contribution in [2.45, 2.75) is 26.8 Å². The first-order valence-electron chi connectivity index (χ1n) is 9.67. The number of amides is 1. The lowest BCUT2D eigenvalue weighted by Crippen LogP contribution is -2.51. The standard InChI is InChI=1S/C22H25N3O3/c1-15-7-6-9-18(16(15)2)23-11-13-24(14-12-23)21(26)17(3)25-19-8-4-5-10-20(19)28-22(25)27/h4-10,17H,11-14H2,1-3H3. The third-order valence-electron chi connectivity index (χ3n) is 5.77. The third kappa shape index (κ3) is 3.09. The van der Waals surface area contributed by atoms with Crippen LogP contribution >= 0.6 is 0 Å². The molecule has 0 aliphatic carbocycles. The highest BCUT2D eigenvalue weighted by molar-refractivity contribution is 5.83. The molecule has 28 heavy (non-hydrogen) atoms. The number of hydrogen-bond acceptors (Lipinski definition) is 4. The maximum Gasteiger partial charge on any atom is 0.420 e. The lowest BCUT2D eigenvalue weighted by molar-refractivity contribution is -0.134. The number of nitrogens with zero attached hydrogens (tertiary/aromatic N) is 3. The molecule has 2 aromatic carbocycles. The maximum absolute atomic E-state index is 13.1. The zero-order valence-electron chi connectivity index (χ0n) is 16.5. The molecule has 0 bridgehead atoms. The van der Waals surface area contributed by atoms with E-state index in [1.165, 1.54) is 21.4 Å². The minimum absolute atomic E-state index is 0.0470. The van der Waals surface area contributed by atoms with Crippen molar-refractivity contribution in [1.82, 2.24) is 9.47 Å². The fourth-order valence-corrected chi connectivity index (χ4v) is 3.97. The van der Waals surface area contributed by atoms with Gasteiger partial charge in [-0.3, -0.25) is 9.36 Å². The number of benzene rings is 2. The van der Waals surface area contributed by atoms with E-state index in [4.69, 9.17) is 4.42 Å². The Morgan fingerprint density at radius 2 is 1.71 bits per heavy atom. The van der Waals surface area contributed by atoms with Crippen molar-refractivity contribution in [3.8, 4) is 0 Å². The number of anilines is 1. The first-order valence-corrected chi connectivity index (χ1v) is 9.67. The van der Waals surface area contributed by atoms with Crippen LogP contribution in [0.2, 0.25) is 0 Å². The van der Waals surface area contributed by atoms with E-state index in [1.54, 1.807) is 13.0 Å². The lowest BCUT2D eigenvalue weighted by atomic mass is 10.1. The van der Waals surface area contributed by atoms with Gasteiger partial charge >= 0.3 is 5.76 Å². The van der Waals surface area contributed by atoms with Crippen molar-refractivity contribution in [3.63, 3.8) is 0 Å². The molecule has 1 aromatic heterocycles. The maximum atomic E-state index is 13.1. The van der Waals surface area contributed by atoms with E-state index < -0.39 is 11.8 Å². The van der Waals surface area contributed by atoms with E-state index in [1.807, 2.05) is 23.1 Å². The Balaban J connectivity index is 1.50. The van der Waals surface area contributed by atoms with Gasteiger partial charge in [-0.15, -0.1) is 0 Å². The van der Waals surface area contributed by atoms with E-state index in [0.717, 1.165) is 13.1 Å². The lowest BCUT2D eigenvalue weighted by Gasteiger charge is -2.38. The fourth-order valence-electron chi connectivity index (χ4n) is 3.97. The molecule has 6 heteroatoms. The number of oxazole rings is 1. The van der Waals surface area contributed by atoms with Crippen LogP contribution in [0.1, 0.15) is 24.1 Å². The summed E-state index contributed by atoms with van der Waals surface area (Å²) in [5.41, 5.74) is 4.95. The Kier molecular flexibility index (Phi) is 4.71. The predicted molar refractivity (Wildman–Crippen MR) is 110 cm³/mol. The van der Waals surface area contributed by atoms with Gasteiger partial charge in [-0.2, -0.15) is 0 Å². The largest absolute Gasteiger partial charge is 0.420 e. The second kappa shape index (κ2) is 7.19. The van der Waals surface area contributed by atoms with Crippen LogP contribution in [0.25, 0.3) is 11.1 Å². The van der Waals surface area contributed by atoms with Crippen molar-refractivity contribution in [3.05, 3.63) is 64.1 Å². The molecule has 0 N–H and O–H groups in total. The number of para-hydroxylation sites is 2. The molecular formula is C22H25N3O3. The van der Waals surface area contributed by atoms with Crippen LogP contribution < -0.4 is 10.7 Å². The SMILES string of the molecule is Cc1cccc(N2CCN(C(=O)C(C)n3c(=O)oc4ccccc43)CC2)c1C. The second-order valence-corrected chi connectivity index (χ2v) is 7.41. The average Bonchev–Trinajstić information content (AvgIpc) is 3.05. The van der Waals surface area contributed by atoms with Crippen LogP contribution in [0.4, 0.5) is 5.69 Å². The highest BCUT2D eigenvalue weighted by Gasteiger charge is 2.28. The van der Waals surface area contributed by atoms with Crippen LogP contribution in [0.15, 0.2) is 51.7 Å². The van der Waals surface area contributed by atoms with Crippen molar-refractivity contribution in [1.29, 1.82) is 0 Å². The van der Waals surface area contributed by atoms with Gasteiger partial charge in [-0.05, 0) is 50.1 Å². The van der Waals surface area contributed by atoms with E-state index in [2.05, 4.69) is 36.9 Å². The van der Waals surface area contributed by atoms with Crippen molar-refractivity contribution < 1.29 is 9.21 Å². The topological polar surface area (TPSA) is 58.7 Å². The number of carbonyl (C=O) groups excluding carboxylic acids is 1. The Hall–Kier alpha value is -3.02. The van der Waals surface area contributed by atoms with Crippen molar-refractivity contribution >= 4 is 22.7 Å².